The summed E-state index contributed by atoms with van der Waals surface area (Å²) in [4.78, 5) is 15.6. The number of rotatable bonds is 8. The maximum absolute atomic E-state index is 12.0. The van der Waals surface area contributed by atoms with Crippen LogP contribution in [-0.2, 0) is 19.6 Å². The van der Waals surface area contributed by atoms with Crippen LogP contribution in [0.5, 0.6) is 0 Å². The molecule has 1 fully saturated rings. The summed E-state index contributed by atoms with van der Waals surface area (Å²) in [5.74, 6) is -0.621. The predicted octanol–water partition coefficient (Wildman–Crippen LogP) is 1.37. The third-order valence-electron chi connectivity index (χ3n) is 3.43. The number of hydrogen-bond donors (Lipinski definition) is 1. The van der Waals surface area contributed by atoms with Crippen LogP contribution in [0.15, 0.2) is 11.6 Å². The maximum atomic E-state index is 12.0. The van der Waals surface area contributed by atoms with E-state index in [1.807, 2.05) is 12.3 Å². The molecule has 118 valence electrons. The fourth-order valence-corrected chi connectivity index (χ4v) is 4.38. The Morgan fingerprint density at radius 1 is 1.62 bits per heavy atom. The summed E-state index contributed by atoms with van der Waals surface area (Å²) in [7, 11) is -3.37. The Kier molecular flexibility index (Phi) is 5.34. The molecular formula is C13H20N2O4S2. The topological polar surface area (TPSA) is 85.4 Å². The molecule has 1 unspecified atom stereocenters. The van der Waals surface area contributed by atoms with Gasteiger partial charge in [0.15, 0.2) is 0 Å². The van der Waals surface area contributed by atoms with Gasteiger partial charge in [0, 0.05) is 24.0 Å². The number of thiazole rings is 1. The van der Waals surface area contributed by atoms with Crippen molar-refractivity contribution in [2.75, 3.05) is 18.9 Å². The number of carbonyl (C=O) groups is 1. The van der Waals surface area contributed by atoms with E-state index in [-0.39, 0.29) is 29.5 Å². The SMILES string of the molecule is CCOC(=O)[C@@H]1C[C@H]1CS(=O)(=O)NCC(C)c1nccs1. The molecule has 1 saturated carbocycles. The molecule has 0 aliphatic heterocycles. The van der Waals surface area contributed by atoms with E-state index < -0.39 is 10.0 Å². The van der Waals surface area contributed by atoms with Gasteiger partial charge in [-0.05, 0) is 19.3 Å². The van der Waals surface area contributed by atoms with Crippen LogP contribution in [0.4, 0.5) is 0 Å². The molecule has 1 aromatic heterocycles. The number of nitrogens with one attached hydrogen (secondary N) is 1. The first-order valence-corrected chi connectivity index (χ1v) is 9.49. The van der Waals surface area contributed by atoms with Crippen molar-refractivity contribution in [3.63, 3.8) is 0 Å². The lowest BCUT2D eigenvalue weighted by Crippen LogP contribution is -2.31. The minimum Gasteiger partial charge on any atom is -0.466 e. The minimum absolute atomic E-state index is 0.0128. The molecular weight excluding hydrogens is 312 g/mol. The van der Waals surface area contributed by atoms with Gasteiger partial charge in [-0.1, -0.05) is 6.92 Å². The van der Waals surface area contributed by atoms with Crippen LogP contribution < -0.4 is 4.72 Å². The Morgan fingerprint density at radius 2 is 2.38 bits per heavy atom. The monoisotopic (exact) mass is 332 g/mol. The molecule has 0 saturated heterocycles. The smallest absolute Gasteiger partial charge is 0.309 e. The van der Waals surface area contributed by atoms with Crippen molar-refractivity contribution in [2.24, 2.45) is 11.8 Å². The quantitative estimate of drug-likeness (QED) is 0.727. The molecule has 1 heterocycles. The number of aromatic nitrogens is 1. The van der Waals surface area contributed by atoms with Gasteiger partial charge < -0.3 is 4.74 Å². The Hall–Kier alpha value is -0.990. The normalized spacial score (nSPS) is 22.8. The number of hydrogen-bond acceptors (Lipinski definition) is 6. The van der Waals surface area contributed by atoms with E-state index >= 15 is 0 Å². The Bertz CT molecular complexity index is 571. The molecule has 8 heteroatoms. The molecule has 1 aromatic rings. The van der Waals surface area contributed by atoms with Crippen molar-refractivity contribution in [3.05, 3.63) is 16.6 Å². The highest BCUT2D eigenvalue weighted by molar-refractivity contribution is 7.89. The molecule has 2 rings (SSSR count). The average molecular weight is 332 g/mol. The number of nitrogens with zero attached hydrogens (tertiary/aromatic N) is 1. The molecule has 0 bridgehead atoms. The first-order chi connectivity index (χ1) is 9.93. The molecule has 0 radical (unpaired) electrons. The van der Waals surface area contributed by atoms with Crippen molar-refractivity contribution in [3.8, 4) is 0 Å². The summed E-state index contributed by atoms with van der Waals surface area (Å²) >= 11 is 1.51. The van der Waals surface area contributed by atoms with Crippen LogP contribution in [0.25, 0.3) is 0 Å². The van der Waals surface area contributed by atoms with Crippen molar-refractivity contribution >= 4 is 27.3 Å². The summed E-state index contributed by atoms with van der Waals surface area (Å²) in [6, 6.07) is 0. The zero-order valence-electron chi connectivity index (χ0n) is 12.1. The van der Waals surface area contributed by atoms with Crippen LogP contribution in [0.2, 0.25) is 0 Å². The van der Waals surface area contributed by atoms with Crippen LogP contribution in [-0.4, -0.2) is 38.3 Å². The summed E-state index contributed by atoms with van der Waals surface area (Å²) < 4.78 is 31.5. The average Bonchev–Trinajstić information content (AvgIpc) is 2.96. The fraction of sp³-hybridized carbons (Fsp3) is 0.692. The summed E-state index contributed by atoms with van der Waals surface area (Å²) in [6.07, 6.45) is 2.31. The molecule has 3 atom stereocenters. The highest BCUT2D eigenvalue weighted by Crippen LogP contribution is 2.40. The number of carbonyl (C=O) groups excluding carboxylic acids is 1. The van der Waals surface area contributed by atoms with E-state index in [0.717, 1.165) is 5.01 Å². The van der Waals surface area contributed by atoms with E-state index in [1.54, 1.807) is 13.1 Å². The minimum atomic E-state index is -3.37. The first kappa shape index (κ1) is 16.4. The third-order valence-corrected chi connectivity index (χ3v) is 5.91. The number of sulfonamides is 1. The maximum Gasteiger partial charge on any atom is 0.309 e. The van der Waals surface area contributed by atoms with Gasteiger partial charge in [-0.25, -0.2) is 18.1 Å². The number of esters is 1. The van der Waals surface area contributed by atoms with Crippen molar-refractivity contribution < 1.29 is 17.9 Å². The molecule has 0 amide bonds. The largest absolute Gasteiger partial charge is 0.466 e. The lowest BCUT2D eigenvalue weighted by atomic mass is 10.2. The van der Waals surface area contributed by atoms with Crippen LogP contribution in [0, 0.1) is 11.8 Å². The molecule has 1 aliphatic carbocycles. The van der Waals surface area contributed by atoms with E-state index in [4.69, 9.17) is 4.74 Å². The molecule has 1 N–H and O–H groups in total. The molecule has 0 spiro atoms. The zero-order chi connectivity index (χ0) is 15.5. The fourth-order valence-electron chi connectivity index (χ4n) is 2.13. The van der Waals surface area contributed by atoms with Gasteiger partial charge in [-0.15, -0.1) is 11.3 Å². The molecule has 0 aromatic carbocycles. The Balaban J connectivity index is 1.77. The first-order valence-electron chi connectivity index (χ1n) is 6.96. The van der Waals surface area contributed by atoms with Gasteiger partial charge in [0.2, 0.25) is 10.0 Å². The predicted molar refractivity (Wildman–Crippen MR) is 80.5 cm³/mol. The van der Waals surface area contributed by atoms with Crippen LogP contribution in [0.3, 0.4) is 0 Å². The lowest BCUT2D eigenvalue weighted by Gasteiger charge is -2.10. The standard InChI is InChI=1S/C13H20N2O4S2/c1-3-19-13(16)11-6-10(11)8-21(17,18)15-7-9(2)12-14-4-5-20-12/h4-5,9-11,15H,3,6-8H2,1-2H3/t9?,10-,11+/m0/s1. The van der Waals surface area contributed by atoms with Gasteiger partial charge in [0.25, 0.3) is 0 Å². The van der Waals surface area contributed by atoms with Gasteiger partial charge in [0.05, 0.1) is 23.3 Å². The summed E-state index contributed by atoms with van der Waals surface area (Å²) in [5, 5.41) is 2.78. The van der Waals surface area contributed by atoms with E-state index in [2.05, 4.69) is 9.71 Å². The second-order valence-corrected chi connectivity index (χ2v) is 8.03. The molecule has 1 aliphatic rings. The number of ether oxygens (including phenoxy) is 1. The van der Waals surface area contributed by atoms with Crippen LogP contribution in [0.1, 0.15) is 31.2 Å². The van der Waals surface area contributed by atoms with Gasteiger partial charge in [0.1, 0.15) is 0 Å². The van der Waals surface area contributed by atoms with E-state index in [1.165, 1.54) is 11.3 Å². The zero-order valence-corrected chi connectivity index (χ0v) is 13.7. The summed E-state index contributed by atoms with van der Waals surface area (Å²) in [5.41, 5.74) is 0. The highest BCUT2D eigenvalue weighted by Gasteiger charge is 2.46. The molecule has 6 nitrogen and oxygen atoms in total. The lowest BCUT2D eigenvalue weighted by molar-refractivity contribution is -0.144. The highest BCUT2D eigenvalue weighted by atomic mass is 32.2. The van der Waals surface area contributed by atoms with Crippen molar-refractivity contribution in [2.45, 2.75) is 26.2 Å². The van der Waals surface area contributed by atoms with Gasteiger partial charge in [-0.3, -0.25) is 4.79 Å². The summed E-state index contributed by atoms with van der Waals surface area (Å²) in [6.45, 7) is 4.33. The van der Waals surface area contributed by atoms with Gasteiger partial charge >= 0.3 is 5.97 Å². The van der Waals surface area contributed by atoms with Crippen molar-refractivity contribution in [1.29, 1.82) is 0 Å². The Labute approximate surface area is 129 Å². The second kappa shape index (κ2) is 6.85. The van der Waals surface area contributed by atoms with E-state index in [9.17, 15) is 13.2 Å². The second-order valence-electron chi connectivity index (χ2n) is 5.26. The van der Waals surface area contributed by atoms with E-state index in [0.29, 0.717) is 19.6 Å². The third kappa shape index (κ3) is 4.76. The Morgan fingerprint density at radius 3 is 3.00 bits per heavy atom. The van der Waals surface area contributed by atoms with Crippen molar-refractivity contribution in [1.82, 2.24) is 9.71 Å². The molecule has 21 heavy (non-hydrogen) atoms. The van der Waals surface area contributed by atoms with Crippen LogP contribution >= 0.6 is 11.3 Å². The van der Waals surface area contributed by atoms with Gasteiger partial charge in [-0.2, -0.15) is 0 Å².